The highest BCUT2D eigenvalue weighted by Gasteiger charge is 2.38. The number of thiophene rings is 1. The third kappa shape index (κ3) is 2.82. The molecule has 0 aliphatic carbocycles. The molecule has 2 saturated heterocycles. The summed E-state index contributed by atoms with van der Waals surface area (Å²) >= 11 is 1.44. The normalized spacial score (nSPS) is 25.6. The first-order chi connectivity index (χ1) is 10.2. The van der Waals surface area contributed by atoms with Crippen molar-refractivity contribution in [1.82, 2.24) is 9.80 Å². The highest BCUT2D eigenvalue weighted by atomic mass is 32.1. The van der Waals surface area contributed by atoms with E-state index in [0.29, 0.717) is 19.0 Å². The molecule has 2 amide bonds. The number of carbonyl (C=O) groups excluding carboxylic acids is 2. The number of carbonyl (C=O) groups is 2. The molecule has 2 aliphatic rings. The third-order valence-electron chi connectivity index (χ3n) is 4.46. The van der Waals surface area contributed by atoms with Crippen LogP contribution in [0.4, 0.5) is 0 Å². The average molecular weight is 307 g/mol. The van der Waals surface area contributed by atoms with E-state index < -0.39 is 0 Å². The van der Waals surface area contributed by atoms with Crippen LogP contribution in [0.1, 0.15) is 28.9 Å². The van der Waals surface area contributed by atoms with Gasteiger partial charge in [-0.15, -0.1) is 11.3 Å². The molecule has 1 aromatic heterocycles. The van der Waals surface area contributed by atoms with Crippen molar-refractivity contribution in [3.63, 3.8) is 0 Å². The van der Waals surface area contributed by atoms with Crippen molar-refractivity contribution in [2.75, 3.05) is 26.2 Å². The van der Waals surface area contributed by atoms with Gasteiger partial charge >= 0.3 is 0 Å². The Hall–Kier alpha value is -1.40. The molecular formula is C15H21N3O2S. The van der Waals surface area contributed by atoms with E-state index in [1.807, 2.05) is 22.4 Å². The van der Waals surface area contributed by atoms with E-state index in [-0.39, 0.29) is 17.9 Å². The maximum atomic E-state index is 12.7. The molecule has 2 aliphatic heterocycles. The van der Waals surface area contributed by atoms with Crippen LogP contribution in [0.5, 0.6) is 0 Å². The van der Waals surface area contributed by atoms with E-state index in [9.17, 15) is 9.59 Å². The predicted octanol–water partition coefficient (Wildman–Crippen LogP) is 1.16. The van der Waals surface area contributed by atoms with Crippen LogP contribution >= 0.6 is 11.3 Å². The SMILES string of the molecule is NCC1CCN(C(=O)C2CCCN2C(=O)c2cccs2)C1. The van der Waals surface area contributed by atoms with Gasteiger partial charge in [-0.2, -0.15) is 0 Å². The maximum Gasteiger partial charge on any atom is 0.264 e. The Morgan fingerprint density at radius 3 is 2.86 bits per heavy atom. The third-order valence-corrected chi connectivity index (χ3v) is 5.32. The van der Waals surface area contributed by atoms with Crippen molar-refractivity contribution in [1.29, 1.82) is 0 Å². The van der Waals surface area contributed by atoms with Gasteiger partial charge in [0.15, 0.2) is 0 Å². The molecule has 21 heavy (non-hydrogen) atoms. The van der Waals surface area contributed by atoms with E-state index in [1.165, 1.54) is 11.3 Å². The summed E-state index contributed by atoms with van der Waals surface area (Å²) in [4.78, 5) is 29.6. The topological polar surface area (TPSA) is 66.6 Å². The molecule has 0 aromatic carbocycles. The Morgan fingerprint density at radius 2 is 2.19 bits per heavy atom. The van der Waals surface area contributed by atoms with Crippen molar-refractivity contribution in [2.45, 2.75) is 25.3 Å². The molecule has 114 valence electrons. The lowest BCUT2D eigenvalue weighted by Crippen LogP contribution is -2.47. The molecule has 0 bridgehead atoms. The smallest absolute Gasteiger partial charge is 0.264 e. The molecule has 2 N–H and O–H groups in total. The second-order valence-electron chi connectivity index (χ2n) is 5.81. The lowest BCUT2D eigenvalue weighted by atomic mass is 10.1. The summed E-state index contributed by atoms with van der Waals surface area (Å²) in [5.41, 5.74) is 5.69. The Kier molecular flexibility index (Phi) is 4.26. The van der Waals surface area contributed by atoms with Crippen LogP contribution < -0.4 is 5.73 Å². The van der Waals surface area contributed by atoms with Crippen molar-refractivity contribution < 1.29 is 9.59 Å². The van der Waals surface area contributed by atoms with Gasteiger partial charge in [0.1, 0.15) is 6.04 Å². The van der Waals surface area contributed by atoms with Gasteiger partial charge in [-0.3, -0.25) is 9.59 Å². The van der Waals surface area contributed by atoms with Gasteiger partial charge in [0.25, 0.3) is 5.91 Å². The first-order valence-corrected chi connectivity index (χ1v) is 8.42. The number of nitrogens with two attached hydrogens (primary N) is 1. The summed E-state index contributed by atoms with van der Waals surface area (Å²) in [5, 5.41) is 1.90. The van der Waals surface area contributed by atoms with E-state index >= 15 is 0 Å². The highest BCUT2D eigenvalue weighted by molar-refractivity contribution is 7.12. The Labute approximate surface area is 128 Å². The molecule has 0 saturated carbocycles. The summed E-state index contributed by atoms with van der Waals surface area (Å²) in [6, 6.07) is 3.42. The molecule has 0 spiro atoms. The number of hydrogen-bond donors (Lipinski definition) is 1. The largest absolute Gasteiger partial charge is 0.341 e. The van der Waals surface area contributed by atoms with E-state index in [2.05, 4.69) is 0 Å². The number of likely N-dealkylation sites (tertiary alicyclic amines) is 2. The fraction of sp³-hybridized carbons (Fsp3) is 0.600. The molecule has 3 rings (SSSR count). The van der Waals surface area contributed by atoms with Crippen molar-refractivity contribution in [2.24, 2.45) is 11.7 Å². The van der Waals surface area contributed by atoms with Gasteiger partial charge in [0.2, 0.25) is 5.91 Å². The minimum absolute atomic E-state index is 0.00424. The van der Waals surface area contributed by atoms with Crippen LogP contribution in [0.2, 0.25) is 0 Å². The number of rotatable bonds is 3. The number of nitrogens with zero attached hydrogens (tertiary/aromatic N) is 2. The van der Waals surface area contributed by atoms with E-state index in [4.69, 9.17) is 5.73 Å². The zero-order valence-electron chi connectivity index (χ0n) is 12.0. The van der Waals surface area contributed by atoms with Crippen molar-refractivity contribution in [3.05, 3.63) is 22.4 Å². The molecule has 6 heteroatoms. The van der Waals surface area contributed by atoms with Crippen molar-refractivity contribution >= 4 is 23.2 Å². The van der Waals surface area contributed by atoms with Gasteiger partial charge in [0.05, 0.1) is 4.88 Å². The van der Waals surface area contributed by atoms with Crippen LogP contribution in [0, 0.1) is 5.92 Å². The summed E-state index contributed by atoms with van der Waals surface area (Å²) in [5.74, 6) is 0.514. The quantitative estimate of drug-likeness (QED) is 0.911. The van der Waals surface area contributed by atoms with Crippen LogP contribution in [-0.4, -0.2) is 53.8 Å². The fourth-order valence-corrected chi connectivity index (χ4v) is 3.92. The Bertz CT molecular complexity index is 517. The second-order valence-corrected chi connectivity index (χ2v) is 6.76. The van der Waals surface area contributed by atoms with Gasteiger partial charge in [0, 0.05) is 19.6 Å². The van der Waals surface area contributed by atoms with Crippen LogP contribution in [0.15, 0.2) is 17.5 Å². The summed E-state index contributed by atoms with van der Waals surface area (Å²) in [7, 11) is 0. The molecule has 2 atom stereocenters. The average Bonchev–Trinajstić information content (AvgIpc) is 3.26. The molecule has 2 fully saturated rings. The summed E-state index contributed by atoms with van der Waals surface area (Å²) in [6.07, 6.45) is 2.66. The summed E-state index contributed by atoms with van der Waals surface area (Å²) in [6.45, 7) is 2.83. The highest BCUT2D eigenvalue weighted by Crippen LogP contribution is 2.25. The number of amides is 2. The molecule has 5 nitrogen and oxygen atoms in total. The van der Waals surface area contributed by atoms with Gasteiger partial charge < -0.3 is 15.5 Å². The lowest BCUT2D eigenvalue weighted by Gasteiger charge is -2.27. The van der Waals surface area contributed by atoms with Crippen LogP contribution in [0.25, 0.3) is 0 Å². The van der Waals surface area contributed by atoms with Crippen molar-refractivity contribution in [3.8, 4) is 0 Å². The van der Waals surface area contributed by atoms with Gasteiger partial charge in [-0.25, -0.2) is 0 Å². The monoisotopic (exact) mass is 307 g/mol. The first kappa shape index (κ1) is 14.5. The standard InChI is InChI=1S/C15H21N3O2S/c16-9-11-5-7-17(10-11)14(19)12-3-1-6-18(12)15(20)13-4-2-8-21-13/h2,4,8,11-12H,1,3,5-7,9-10,16H2. The molecule has 0 radical (unpaired) electrons. The maximum absolute atomic E-state index is 12.7. The zero-order valence-corrected chi connectivity index (χ0v) is 12.8. The molecular weight excluding hydrogens is 286 g/mol. The first-order valence-electron chi connectivity index (χ1n) is 7.54. The molecule has 3 heterocycles. The predicted molar refractivity (Wildman–Crippen MR) is 82.1 cm³/mol. The van der Waals surface area contributed by atoms with Crippen LogP contribution in [-0.2, 0) is 4.79 Å². The van der Waals surface area contributed by atoms with E-state index in [1.54, 1.807) is 4.90 Å². The lowest BCUT2D eigenvalue weighted by molar-refractivity contribution is -0.134. The minimum Gasteiger partial charge on any atom is -0.341 e. The van der Waals surface area contributed by atoms with E-state index in [0.717, 1.165) is 37.2 Å². The summed E-state index contributed by atoms with van der Waals surface area (Å²) < 4.78 is 0. The van der Waals surface area contributed by atoms with Gasteiger partial charge in [-0.1, -0.05) is 6.07 Å². The fourth-order valence-electron chi connectivity index (χ4n) is 3.24. The molecule has 1 aromatic rings. The zero-order chi connectivity index (χ0) is 14.8. The molecule has 2 unspecified atom stereocenters. The second kappa shape index (κ2) is 6.15. The van der Waals surface area contributed by atoms with Gasteiger partial charge in [-0.05, 0) is 43.2 Å². The Balaban J connectivity index is 1.69. The number of hydrogen-bond acceptors (Lipinski definition) is 4. The van der Waals surface area contributed by atoms with Crippen LogP contribution in [0.3, 0.4) is 0 Å². The Morgan fingerprint density at radius 1 is 1.33 bits per heavy atom. The minimum atomic E-state index is -0.281.